The Morgan fingerprint density at radius 2 is 1.86 bits per heavy atom. The van der Waals surface area contributed by atoms with Gasteiger partial charge >= 0.3 is 0 Å². The summed E-state index contributed by atoms with van der Waals surface area (Å²) in [6.45, 7) is 6.96. The molecule has 0 atom stereocenters. The van der Waals surface area contributed by atoms with Crippen molar-refractivity contribution < 1.29 is 14.3 Å². The summed E-state index contributed by atoms with van der Waals surface area (Å²) in [6, 6.07) is 13.5. The number of carbonyl (C=O) groups excluding carboxylic acids is 1. The predicted molar refractivity (Wildman–Crippen MR) is 114 cm³/mol. The smallest absolute Gasteiger partial charge is 0.266 e. The third-order valence-corrected chi connectivity index (χ3v) is 4.74. The minimum Gasteiger partial charge on any atom is -0.496 e. The quantitative estimate of drug-likeness (QED) is 0.621. The van der Waals surface area contributed by atoms with Crippen molar-refractivity contribution in [3.63, 3.8) is 0 Å². The first kappa shape index (κ1) is 20.4. The number of ether oxygens (including phenoxy) is 2. The van der Waals surface area contributed by atoms with Crippen LogP contribution in [-0.2, 0) is 9.53 Å². The van der Waals surface area contributed by atoms with Crippen molar-refractivity contribution in [1.29, 1.82) is 5.26 Å². The monoisotopic (exact) mass is 391 g/mol. The van der Waals surface area contributed by atoms with E-state index in [1.54, 1.807) is 13.2 Å². The summed E-state index contributed by atoms with van der Waals surface area (Å²) in [4.78, 5) is 14.8. The summed E-state index contributed by atoms with van der Waals surface area (Å²) in [7, 11) is 1.58. The molecule has 0 radical (unpaired) electrons. The van der Waals surface area contributed by atoms with Crippen LogP contribution in [0.2, 0.25) is 0 Å². The Hall–Kier alpha value is -3.30. The van der Waals surface area contributed by atoms with Crippen LogP contribution in [0.15, 0.2) is 42.0 Å². The molecule has 2 aromatic carbocycles. The van der Waals surface area contributed by atoms with E-state index in [9.17, 15) is 10.1 Å². The maximum atomic E-state index is 12.6. The van der Waals surface area contributed by atoms with Crippen molar-refractivity contribution in [1.82, 2.24) is 0 Å². The maximum Gasteiger partial charge on any atom is 0.266 e. The van der Waals surface area contributed by atoms with Gasteiger partial charge in [-0.2, -0.15) is 5.26 Å². The Kier molecular flexibility index (Phi) is 6.53. The second-order valence-corrected chi connectivity index (χ2v) is 7.03. The SMILES string of the molecule is COc1cc(N2CCOCC2)ccc1/C=C(/C#N)C(=O)Nc1cc(C)cc(C)c1. The fourth-order valence-corrected chi connectivity index (χ4v) is 3.39. The summed E-state index contributed by atoms with van der Waals surface area (Å²) in [6.07, 6.45) is 1.56. The van der Waals surface area contributed by atoms with Crippen LogP contribution in [0.25, 0.3) is 6.08 Å². The molecule has 1 amide bonds. The van der Waals surface area contributed by atoms with Crippen molar-refractivity contribution in [3.05, 3.63) is 58.7 Å². The maximum absolute atomic E-state index is 12.6. The predicted octanol–water partition coefficient (Wildman–Crippen LogP) is 3.69. The third kappa shape index (κ3) is 5.15. The van der Waals surface area contributed by atoms with Crippen molar-refractivity contribution in [2.24, 2.45) is 0 Å². The van der Waals surface area contributed by atoms with Crippen molar-refractivity contribution >= 4 is 23.4 Å². The number of benzene rings is 2. The highest BCUT2D eigenvalue weighted by Gasteiger charge is 2.15. The van der Waals surface area contributed by atoms with Gasteiger partial charge in [-0.15, -0.1) is 0 Å². The lowest BCUT2D eigenvalue weighted by atomic mass is 10.1. The molecule has 1 N–H and O–H groups in total. The standard InChI is InChI=1S/C23H25N3O3/c1-16-10-17(2)12-20(11-16)25-23(27)19(15-24)13-18-4-5-21(14-22(18)28-3)26-6-8-29-9-7-26/h4-5,10-14H,6-9H2,1-3H3,(H,25,27)/b19-13-. The molecule has 0 spiro atoms. The molecular formula is C23H25N3O3. The van der Waals surface area contributed by atoms with Crippen LogP contribution in [0, 0.1) is 25.2 Å². The van der Waals surface area contributed by atoms with Crippen LogP contribution in [-0.4, -0.2) is 39.3 Å². The van der Waals surface area contributed by atoms with E-state index in [4.69, 9.17) is 9.47 Å². The Bertz CT molecular complexity index is 950. The lowest BCUT2D eigenvalue weighted by molar-refractivity contribution is -0.112. The summed E-state index contributed by atoms with van der Waals surface area (Å²) in [5.41, 5.74) is 4.48. The molecule has 1 saturated heterocycles. The highest BCUT2D eigenvalue weighted by Crippen LogP contribution is 2.28. The number of methoxy groups -OCH3 is 1. The fourth-order valence-electron chi connectivity index (χ4n) is 3.39. The number of nitrogens with zero attached hydrogens (tertiary/aromatic N) is 2. The molecule has 29 heavy (non-hydrogen) atoms. The van der Waals surface area contributed by atoms with E-state index < -0.39 is 5.91 Å². The number of hydrogen-bond acceptors (Lipinski definition) is 5. The molecule has 0 saturated carbocycles. The molecule has 2 aromatic rings. The first-order chi connectivity index (χ1) is 14.0. The second kappa shape index (κ2) is 9.26. The summed E-state index contributed by atoms with van der Waals surface area (Å²) in [5, 5.41) is 12.3. The van der Waals surface area contributed by atoms with Gasteiger partial charge in [-0.05, 0) is 55.3 Å². The lowest BCUT2D eigenvalue weighted by Gasteiger charge is -2.29. The van der Waals surface area contributed by atoms with E-state index in [0.29, 0.717) is 30.2 Å². The minimum absolute atomic E-state index is 0.0154. The molecule has 1 aliphatic heterocycles. The van der Waals surface area contributed by atoms with Crippen LogP contribution in [0.3, 0.4) is 0 Å². The van der Waals surface area contributed by atoms with Gasteiger partial charge in [0.25, 0.3) is 5.91 Å². The zero-order valence-corrected chi connectivity index (χ0v) is 17.0. The van der Waals surface area contributed by atoms with E-state index in [-0.39, 0.29) is 5.57 Å². The molecule has 150 valence electrons. The molecule has 1 heterocycles. The Morgan fingerprint density at radius 1 is 1.17 bits per heavy atom. The average molecular weight is 391 g/mol. The van der Waals surface area contributed by atoms with Gasteiger partial charge in [0.2, 0.25) is 0 Å². The van der Waals surface area contributed by atoms with E-state index in [0.717, 1.165) is 29.9 Å². The number of nitrogens with one attached hydrogen (secondary N) is 1. The van der Waals surface area contributed by atoms with Crippen LogP contribution in [0.5, 0.6) is 5.75 Å². The van der Waals surface area contributed by atoms with Gasteiger partial charge in [0.05, 0.1) is 20.3 Å². The second-order valence-electron chi connectivity index (χ2n) is 7.03. The summed E-state index contributed by atoms with van der Waals surface area (Å²) < 4.78 is 10.9. The number of rotatable bonds is 5. The molecule has 6 heteroatoms. The number of amides is 1. The zero-order valence-electron chi connectivity index (χ0n) is 17.0. The highest BCUT2D eigenvalue weighted by atomic mass is 16.5. The molecular weight excluding hydrogens is 366 g/mol. The molecule has 3 rings (SSSR count). The first-order valence-electron chi connectivity index (χ1n) is 9.52. The van der Waals surface area contributed by atoms with Crippen molar-refractivity contribution in [2.45, 2.75) is 13.8 Å². The molecule has 6 nitrogen and oxygen atoms in total. The number of hydrogen-bond donors (Lipinski definition) is 1. The summed E-state index contributed by atoms with van der Waals surface area (Å²) >= 11 is 0. The van der Waals surface area contributed by atoms with Gasteiger partial charge in [0, 0.05) is 36.1 Å². The number of carbonyl (C=O) groups is 1. The van der Waals surface area contributed by atoms with E-state index in [2.05, 4.69) is 10.2 Å². The van der Waals surface area contributed by atoms with Crippen LogP contribution in [0.1, 0.15) is 16.7 Å². The van der Waals surface area contributed by atoms with Crippen LogP contribution >= 0.6 is 0 Å². The number of morpholine rings is 1. The van der Waals surface area contributed by atoms with Crippen LogP contribution < -0.4 is 15.0 Å². The average Bonchev–Trinajstić information content (AvgIpc) is 2.71. The Labute approximate surface area is 171 Å². The van der Waals surface area contributed by atoms with Crippen molar-refractivity contribution in [3.8, 4) is 11.8 Å². The topological polar surface area (TPSA) is 74.6 Å². The van der Waals surface area contributed by atoms with Gasteiger partial charge in [-0.3, -0.25) is 4.79 Å². The summed E-state index contributed by atoms with van der Waals surface area (Å²) in [5.74, 6) is 0.165. The molecule has 0 aromatic heterocycles. The lowest BCUT2D eigenvalue weighted by Crippen LogP contribution is -2.36. The fraction of sp³-hybridized carbons (Fsp3) is 0.304. The van der Waals surface area contributed by atoms with E-state index in [1.165, 1.54) is 0 Å². The zero-order chi connectivity index (χ0) is 20.8. The molecule has 0 aliphatic carbocycles. The minimum atomic E-state index is -0.447. The highest BCUT2D eigenvalue weighted by molar-refractivity contribution is 6.09. The molecule has 1 aliphatic rings. The van der Waals surface area contributed by atoms with E-state index >= 15 is 0 Å². The van der Waals surface area contributed by atoms with Gasteiger partial charge in [-0.25, -0.2) is 0 Å². The Balaban J connectivity index is 1.83. The molecule has 1 fully saturated rings. The first-order valence-corrected chi connectivity index (χ1v) is 9.52. The van der Waals surface area contributed by atoms with Gasteiger partial charge in [-0.1, -0.05) is 6.07 Å². The number of nitriles is 1. The van der Waals surface area contributed by atoms with Gasteiger partial charge in [0.15, 0.2) is 0 Å². The number of anilines is 2. The van der Waals surface area contributed by atoms with Crippen LogP contribution in [0.4, 0.5) is 11.4 Å². The normalized spacial score (nSPS) is 14.3. The Morgan fingerprint density at radius 3 is 2.48 bits per heavy atom. The third-order valence-electron chi connectivity index (χ3n) is 4.74. The van der Waals surface area contributed by atoms with Crippen molar-refractivity contribution in [2.75, 3.05) is 43.6 Å². The molecule has 0 unspecified atom stereocenters. The van der Waals surface area contributed by atoms with Gasteiger partial charge in [0.1, 0.15) is 17.4 Å². The van der Waals surface area contributed by atoms with Gasteiger partial charge < -0.3 is 19.7 Å². The largest absolute Gasteiger partial charge is 0.496 e. The van der Waals surface area contributed by atoms with E-state index in [1.807, 2.05) is 56.3 Å². The molecule has 0 bridgehead atoms. The number of aryl methyl sites for hydroxylation is 2.